The van der Waals surface area contributed by atoms with Crippen LogP contribution in [0.15, 0.2) is 71.6 Å². The first-order valence-corrected chi connectivity index (χ1v) is 17.7. The minimum atomic E-state index is -5.55. The van der Waals surface area contributed by atoms with Gasteiger partial charge in [0.2, 0.25) is 0 Å². The number of carbonyl (C=O) groups excluding carboxylic acids is 2. The van der Waals surface area contributed by atoms with Gasteiger partial charge in [0.05, 0.1) is 5.56 Å². The minimum Gasteiger partial charge on any atom is -0.342 e. The first-order valence-electron chi connectivity index (χ1n) is 17.7. The van der Waals surface area contributed by atoms with Gasteiger partial charge in [0.25, 0.3) is 0 Å². The van der Waals surface area contributed by atoms with Crippen molar-refractivity contribution in [2.45, 2.75) is 89.3 Å². The van der Waals surface area contributed by atoms with E-state index in [1.165, 1.54) is 32.2 Å². The van der Waals surface area contributed by atoms with E-state index >= 15 is 39.5 Å². The molecule has 0 bridgehead atoms. The van der Waals surface area contributed by atoms with Crippen molar-refractivity contribution in [2.24, 2.45) is 10.8 Å². The zero-order valence-corrected chi connectivity index (χ0v) is 30.6. The zero-order valence-electron chi connectivity index (χ0n) is 30.6. The van der Waals surface area contributed by atoms with Gasteiger partial charge in [-0.2, -0.15) is 49.7 Å². The van der Waals surface area contributed by atoms with E-state index in [4.69, 9.17) is 0 Å². The highest BCUT2D eigenvalue weighted by molar-refractivity contribution is 6.04. The molecule has 4 aromatic rings. The summed E-state index contributed by atoms with van der Waals surface area (Å²) in [6.45, 7) is 5.12. The molecule has 2 aliphatic carbocycles. The Balaban J connectivity index is 1.33. The lowest BCUT2D eigenvalue weighted by molar-refractivity contribution is -0.175. The van der Waals surface area contributed by atoms with Crippen molar-refractivity contribution in [3.8, 4) is 0 Å². The van der Waals surface area contributed by atoms with E-state index in [2.05, 4.69) is 35.9 Å². The molecule has 0 radical (unpaired) electrons. The molecule has 300 valence electrons. The van der Waals surface area contributed by atoms with Gasteiger partial charge in [0.15, 0.2) is 34.0 Å². The number of nitrogens with one attached hydrogen (secondary N) is 3. The quantitative estimate of drug-likeness (QED) is 0.176. The second-order valence-corrected chi connectivity index (χ2v) is 16.3. The zero-order chi connectivity index (χ0) is 41.3. The Morgan fingerprint density at radius 3 is 1.77 bits per heavy atom. The highest BCUT2D eigenvalue weighted by Gasteiger charge is 2.69. The van der Waals surface area contributed by atoms with Crippen LogP contribution in [0, 0.1) is 17.8 Å². The summed E-state index contributed by atoms with van der Waals surface area (Å²) < 4.78 is 143. The third-order valence-electron chi connectivity index (χ3n) is 11.4. The van der Waals surface area contributed by atoms with Gasteiger partial charge < -0.3 is 10.6 Å². The number of alkyl halides is 9. The summed E-state index contributed by atoms with van der Waals surface area (Å²) in [5.74, 6) is -3.15. The van der Waals surface area contributed by atoms with E-state index in [1.54, 1.807) is 13.8 Å². The van der Waals surface area contributed by atoms with Crippen molar-refractivity contribution in [1.29, 1.82) is 0 Å². The summed E-state index contributed by atoms with van der Waals surface area (Å²) in [7, 11) is 0. The summed E-state index contributed by atoms with van der Waals surface area (Å²) in [6, 6.07) is 4.52. The number of Topliss-reactive ketones (excluding diaryl/α,β-unsaturated/α-hetero) is 2. The Morgan fingerprint density at radius 1 is 0.719 bits per heavy atom. The van der Waals surface area contributed by atoms with Gasteiger partial charge in [-0.05, 0) is 53.9 Å². The van der Waals surface area contributed by atoms with Crippen molar-refractivity contribution >= 4 is 23.2 Å². The number of nitrogens with zero attached hydrogens (tertiary/aromatic N) is 5. The van der Waals surface area contributed by atoms with Gasteiger partial charge in [0, 0.05) is 78.0 Å². The molecule has 3 N–H and O–H groups in total. The Morgan fingerprint density at radius 2 is 1.25 bits per heavy atom. The van der Waals surface area contributed by atoms with Crippen LogP contribution in [0.25, 0.3) is 0 Å². The van der Waals surface area contributed by atoms with Crippen LogP contribution in [0.5, 0.6) is 0 Å². The largest absolute Gasteiger partial charge is 0.433 e. The molecule has 57 heavy (non-hydrogen) atoms. The maximum atomic E-state index is 16.1. The van der Waals surface area contributed by atoms with Crippen molar-refractivity contribution < 1.29 is 49.1 Å². The molecule has 3 atom stereocenters. The Labute approximate surface area is 318 Å². The number of hydrogen-bond acceptors (Lipinski definition) is 8. The number of carbonyl (C=O) groups is 2. The SMILES string of the molecule is Cc1[nH]nc2c1C(c1cccnc1)(C(F)(F)F)C1=C(CC(C)(Cn3nc4c(c3C(F)(F)F)C(c3cccnc3)(C(F)(F)F)C3=C(CC(C)(C)CC3=O)N4)CC1=O)N2. The van der Waals surface area contributed by atoms with Crippen molar-refractivity contribution in [3.63, 3.8) is 0 Å². The van der Waals surface area contributed by atoms with E-state index in [0.29, 0.717) is 4.68 Å². The molecular formula is C38H33F9N8O2. The molecule has 2 aliphatic heterocycles. The first-order chi connectivity index (χ1) is 26.5. The Bertz CT molecular complexity index is 2410. The highest BCUT2D eigenvalue weighted by atomic mass is 19.4. The molecule has 10 nitrogen and oxygen atoms in total. The summed E-state index contributed by atoms with van der Waals surface area (Å²) in [4.78, 5) is 35.9. The van der Waals surface area contributed by atoms with Crippen LogP contribution in [-0.4, -0.2) is 53.9 Å². The first kappa shape index (κ1) is 38.4. The van der Waals surface area contributed by atoms with Crippen molar-refractivity contribution in [1.82, 2.24) is 29.9 Å². The average Bonchev–Trinajstić information content (AvgIpc) is 3.64. The number of aryl methyl sites for hydroxylation is 1. The number of aromatic nitrogens is 6. The smallest absolute Gasteiger partial charge is 0.342 e. The van der Waals surface area contributed by atoms with Crippen LogP contribution in [-0.2, 0) is 33.1 Å². The van der Waals surface area contributed by atoms with E-state index in [-0.39, 0.29) is 34.9 Å². The molecule has 6 heterocycles. The topological polar surface area (TPSA) is 130 Å². The molecule has 0 saturated carbocycles. The van der Waals surface area contributed by atoms with Crippen LogP contribution in [0.4, 0.5) is 51.1 Å². The lowest BCUT2D eigenvalue weighted by Crippen LogP contribution is -2.53. The monoisotopic (exact) mass is 804 g/mol. The van der Waals surface area contributed by atoms with Crippen LogP contribution in [0.3, 0.4) is 0 Å². The number of H-pyrrole nitrogens is 1. The Hall–Kier alpha value is -5.49. The van der Waals surface area contributed by atoms with Gasteiger partial charge in [-0.3, -0.25) is 29.3 Å². The predicted octanol–water partition coefficient (Wildman–Crippen LogP) is 8.24. The van der Waals surface area contributed by atoms with Gasteiger partial charge in [-0.25, -0.2) is 0 Å². The number of fused-ring (bicyclic) bond motifs is 2. The molecule has 0 saturated heterocycles. The summed E-state index contributed by atoms with van der Waals surface area (Å²) in [5.41, 5.74) is -16.1. The molecular weight excluding hydrogens is 771 g/mol. The number of anilines is 2. The highest BCUT2D eigenvalue weighted by Crippen LogP contribution is 2.63. The number of aromatic amines is 1. The number of halogens is 9. The molecule has 0 amide bonds. The summed E-state index contributed by atoms with van der Waals surface area (Å²) in [5, 5.41) is 16.1. The van der Waals surface area contributed by atoms with Crippen LogP contribution in [0.1, 0.15) is 80.1 Å². The standard InChI is InChI=1S/C38H33F9N8O2/c1-18-25-30(53-52-18)50-22-12-33(4,14-24(57)27(22)34(25,37(42,43)44)19-7-5-9-48-15-19)17-55-29(36(39,40)41)28-31(54-55)51-21-11-32(2,3)13-23(56)26(21)35(28,38(45,46)47)20-8-6-10-49-16-20/h5-10,15-16H,11-14,17H2,1-4H3,(H,51,54)(H2,50,52,53). The third-order valence-corrected chi connectivity index (χ3v) is 11.4. The molecule has 19 heteroatoms. The lowest BCUT2D eigenvalue weighted by Gasteiger charge is -2.46. The second-order valence-electron chi connectivity index (χ2n) is 16.3. The number of hydrogen-bond donors (Lipinski definition) is 3. The van der Waals surface area contributed by atoms with Gasteiger partial charge in [0.1, 0.15) is 5.69 Å². The van der Waals surface area contributed by atoms with Crippen LogP contribution < -0.4 is 10.6 Å². The molecule has 0 spiro atoms. The fraction of sp³-hybridized carbons (Fsp3) is 0.421. The fourth-order valence-corrected chi connectivity index (χ4v) is 9.56. The summed E-state index contributed by atoms with van der Waals surface area (Å²) >= 11 is 0. The fourth-order valence-electron chi connectivity index (χ4n) is 9.56. The average molecular weight is 805 g/mol. The normalized spacial score (nSPS) is 26.0. The van der Waals surface area contributed by atoms with Gasteiger partial charge in [-0.1, -0.05) is 32.9 Å². The number of rotatable bonds is 4. The number of allylic oxidation sites excluding steroid dienone is 4. The maximum Gasteiger partial charge on any atom is 0.433 e. The summed E-state index contributed by atoms with van der Waals surface area (Å²) in [6.07, 6.45) is -13.9. The lowest BCUT2D eigenvalue weighted by atomic mass is 9.60. The predicted molar refractivity (Wildman–Crippen MR) is 184 cm³/mol. The second kappa shape index (κ2) is 12.0. The number of pyridine rings is 2. The maximum absolute atomic E-state index is 16.1. The Kier molecular flexibility index (Phi) is 8.09. The molecule has 4 aliphatic rings. The van der Waals surface area contributed by atoms with Gasteiger partial charge >= 0.3 is 18.5 Å². The molecule has 8 rings (SSSR count). The van der Waals surface area contributed by atoms with E-state index in [0.717, 1.165) is 30.7 Å². The number of ketones is 2. The van der Waals surface area contributed by atoms with E-state index in [1.807, 2.05) is 0 Å². The molecule has 4 aromatic heterocycles. The van der Waals surface area contributed by atoms with Crippen molar-refractivity contribution in [3.05, 3.63) is 105 Å². The van der Waals surface area contributed by atoms with E-state index < -0.39 is 117 Å². The molecule has 0 aromatic carbocycles. The third kappa shape index (κ3) is 5.39. The van der Waals surface area contributed by atoms with E-state index in [9.17, 15) is 9.59 Å². The van der Waals surface area contributed by atoms with Gasteiger partial charge in [-0.15, -0.1) is 0 Å². The molecule has 0 fully saturated rings. The van der Waals surface area contributed by atoms with Crippen LogP contribution in [0.2, 0.25) is 0 Å². The van der Waals surface area contributed by atoms with Crippen LogP contribution >= 0.6 is 0 Å². The van der Waals surface area contributed by atoms with Crippen molar-refractivity contribution in [2.75, 3.05) is 10.6 Å². The minimum absolute atomic E-state index is 0.00394. The molecule has 3 unspecified atom stereocenters.